The highest BCUT2D eigenvalue weighted by molar-refractivity contribution is 6.00. The maximum Gasteiger partial charge on any atom is 0.251 e. The van der Waals surface area contributed by atoms with E-state index in [1.165, 1.54) is 0 Å². The van der Waals surface area contributed by atoms with Gasteiger partial charge in [-0.15, -0.1) is 12.4 Å². The van der Waals surface area contributed by atoms with Crippen molar-refractivity contribution in [1.82, 2.24) is 30.2 Å². The summed E-state index contributed by atoms with van der Waals surface area (Å²) in [6.07, 6.45) is 7.69. The Morgan fingerprint density at radius 3 is 2.34 bits per heavy atom. The van der Waals surface area contributed by atoms with Gasteiger partial charge in [-0.2, -0.15) is 5.10 Å². The zero-order valence-electron chi connectivity index (χ0n) is 26.7. The second-order valence-electron chi connectivity index (χ2n) is 12.9. The van der Waals surface area contributed by atoms with Crippen LogP contribution >= 0.6 is 12.4 Å². The van der Waals surface area contributed by atoms with E-state index in [4.69, 9.17) is 5.10 Å². The lowest BCUT2D eigenvalue weighted by molar-refractivity contribution is -0.163. The van der Waals surface area contributed by atoms with E-state index in [1.54, 1.807) is 19.2 Å². The van der Waals surface area contributed by atoms with Gasteiger partial charge in [0.15, 0.2) is 0 Å². The minimum Gasteiger partial charge on any atom is -0.390 e. The summed E-state index contributed by atoms with van der Waals surface area (Å²) in [6.45, 7) is 8.86. The van der Waals surface area contributed by atoms with Crippen molar-refractivity contribution < 1.29 is 19.5 Å². The molecule has 1 atom stereocenters. The Kier molecular flexibility index (Phi) is 10.8. The number of benzene rings is 1. The van der Waals surface area contributed by atoms with Crippen molar-refractivity contribution in [3.8, 4) is 5.69 Å². The molecule has 10 nitrogen and oxygen atoms in total. The minimum atomic E-state index is -0.873. The Morgan fingerprint density at radius 1 is 1.07 bits per heavy atom. The van der Waals surface area contributed by atoms with Crippen LogP contribution in [0.5, 0.6) is 0 Å². The molecule has 0 bridgehead atoms. The number of unbranched alkanes of at least 4 members (excludes halogenated alkanes) is 1. The Morgan fingerprint density at radius 2 is 1.73 bits per heavy atom. The number of rotatable bonds is 9. The molecule has 3 amide bonds. The van der Waals surface area contributed by atoms with E-state index in [0.717, 1.165) is 54.7 Å². The molecule has 3 aliphatic rings. The maximum absolute atomic E-state index is 13.9. The topological polar surface area (TPSA) is 120 Å². The molecule has 3 heterocycles. The van der Waals surface area contributed by atoms with Crippen molar-refractivity contribution in [1.29, 1.82) is 0 Å². The van der Waals surface area contributed by atoms with Crippen LogP contribution in [0.2, 0.25) is 0 Å². The smallest absolute Gasteiger partial charge is 0.251 e. The van der Waals surface area contributed by atoms with Crippen molar-refractivity contribution in [2.24, 2.45) is 0 Å². The largest absolute Gasteiger partial charge is 0.390 e. The van der Waals surface area contributed by atoms with Gasteiger partial charge in [-0.1, -0.05) is 32.6 Å². The third-order valence-electron chi connectivity index (χ3n) is 10.0. The number of nitrogens with zero attached hydrogens (tertiary/aromatic N) is 4. The first-order chi connectivity index (χ1) is 20.6. The van der Waals surface area contributed by atoms with Gasteiger partial charge in [0.25, 0.3) is 5.91 Å². The second kappa shape index (κ2) is 14.0. The molecule has 0 unspecified atom stereocenters. The number of carbonyl (C=O) groups is 3. The normalized spacial score (nSPS) is 21.6. The van der Waals surface area contributed by atoms with Crippen LogP contribution in [0.1, 0.15) is 98.4 Å². The molecule has 2 aromatic rings. The van der Waals surface area contributed by atoms with Gasteiger partial charge < -0.3 is 20.6 Å². The molecule has 5 rings (SSSR count). The van der Waals surface area contributed by atoms with E-state index in [2.05, 4.69) is 29.4 Å². The summed E-state index contributed by atoms with van der Waals surface area (Å²) in [4.78, 5) is 43.9. The predicted octanol–water partition coefficient (Wildman–Crippen LogP) is 3.82. The minimum absolute atomic E-state index is 0. The molecule has 1 saturated carbocycles. The first-order valence-corrected chi connectivity index (χ1v) is 16.1. The number of aliphatic hydroxyl groups is 1. The summed E-state index contributed by atoms with van der Waals surface area (Å²) in [7, 11) is 1.62. The lowest BCUT2D eigenvalue weighted by Gasteiger charge is -2.52. The predicted molar refractivity (Wildman–Crippen MR) is 172 cm³/mol. The number of nitrogens with one attached hydrogen (secondary N) is 2. The monoisotopic (exact) mass is 628 g/mol. The molecule has 3 fully saturated rings. The highest BCUT2D eigenvalue weighted by Gasteiger charge is 2.54. The Balaban J connectivity index is 0.00000442. The first kappa shape index (κ1) is 33.9. The van der Waals surface area contributed by atoms with Crippen LogP contribution in [0.15, 0.2) is 24.3 Å². The number of hydrogen-bond donors (Lipinski definition) is 3. The molecular formula is C33H49ClN6O4. The van der Waals surface area contributed by atoms with Crippen molar-refractivity contribution in [2.45, 2.75) is 109 Å². The molecule has 3 N–H and O–H groups in total. The van der Waals surface area contributed by atoms with Gasteiger partial charge in [-0.05, 0) is 70.2 Å². The molecule has 1 spiro atoms. The highest BCUT2D eigenvalue weighted by Crippen LogP contribution is 2.38. The molecule has 2 saturated heterocycles. The van der Waals surface area contributed by atoms with E-state index >= 15 is 0 Å². The van der Waals surface area contributed by atoms with Gasteiger partial charge in [0, 0.05) is 56.5 Å². The van der Waals surface area contributed by atoms with Crippen LogP contribution in [-0.2, 0) is 16.1 Å². The summed E-state index contributed by atoms with van der Waals surface area (Å²) >= 11 is 0. The van der Waals surface area contributed by atoms with Gasteiger partial charge in [0.2, 0.25) is 11.8 Å². The number of piperazine rings is 1. The lowest BCUT2D eigenvalue weighted by Crippen LogP contribution is -2.73. The molecular weight excluding hydrogens is 580 g/mol. The molecule has 2 aliphatic heterocycles. The summed E-state index contributed by atoms with van der Waals surface area (Å²) < 4.78 is 1.92. The van der Waals surface area contributed by atoms with E-state index in [-0.39, 0.29) is 30.1 Å². The van der Waals surface area contributed by atoms with Gasteiger partial charge >= 0.3 is 0 Å². The zero-order chi connectivity index (χ0) is 30.8. The van der Waals surface area contributed by atoms with Gasteiger partial charge in [-0.25, -0.2) is 4.68 Å². The number of piperidine rings is 1. The van der Waals surface area contributed by atoms with Crippen LogP contribution in [0, 0.1) is 13.8 Å². The quantitative estimate of drug-likeness (QED) is 0.389. The van der Waals surface area contributed by atoms with Crippen molar-refractivity contribution >= 4 is 30.1 Å². The van der Waals surface area contributed by atoms with Gasteiger partial charge in [0.05, 0.1) is 17.0 Å². The SMILES string of the molecule is CCCCN1C(=O)[C@@H](CC2(O)CCCCC2)NC(=O)C12CCN(Cc1c(C)nn(-c3ccc(C(=O)NC)cc3)c1C)CC2.Cl. The third-order valence-corrected chi connectivity index (χ3v) is 10.0. The summed E-state index contributed by atoms with van der Waals surface area (Å²) in [5, 5.41) is 21.7. The van der Waals surface area contributed by atoms with E-state index in [0.29, 0.717) is 63.8 Å². The Bertz CT molecular complexity index is 1330. The lowest BCUT2D eigenvalue weighted by atomic mass is 9.77. The number of likely N-dealkylation sites (tertiary alicyclic amines) is 1. The number of carbonyl (C=O) groups excluding carboxylic acids is 3. The maximum atomic E-state index is 13.9. The van der Waals surface area contributed by atoms with Crippen LogP contribution in [0.3, 0.4) is 0 Å². The highest BCUT2D eigenvalue weighted by atomic mass is 35.5. The molecule has 1 aromatic carbocycles. The van der Waals surface area contributed by atoms with Crippen LogP contribution < -0.4 is 10.6 Å². The van der Waals surface area contributed by atoms with Gasteiger partial charge in [0.1, 0.15) is 11.6 Å². The third kappa shape index (κ3) is 6.67. The fourth-order valence-electron chi connectivity index (χ4n) is 7.30. The fraction of sp³-hybridized carbons (Fsp3) is 0.636. The van der Waals surface area contributed by atoms with Crippen LogP contribution in [-0.4, -0.2) is 86.3 Å². The number of amides is 3. The standard InChI is InChI=1S/C33H48N6O4.ClH/c1-5-6-18-38-30(41)28(21-32(43)14-8-7-9-15-32)35-31(42)33(38)16-19-37(20-17-33)22-27-23(2)36-39(24(27)3)26-12-10-25(11-13-26)29(40)34-4;/h10-13,28,43H,5-9,14-22H2,1-4H3,(H,34,40)(H,35,42);1H/t28-;/m1./s1. The average molecular weight is 629 g/mol. The molecule has 1 aromatic heterocycles. The average Bonchev–Trinajstić information content (AvgIpc) is 3.29. The molecule has 44 heavy (non-hydrogen) atoms. The molecule has 1 aliphatic carbocycles. The number of aromatic nitrogens is 2. The van der Waals surface area contributed by atoms with Crippen LogP contribution in [0.4, 0.5) is 0 Å². The summed E-state index contributed by atoms with van der Waals surface area (Å²) in [5.74, 6) is -0.217. The van der Waals surface area contributed by atoms with Crippen molar-refractivity contribution in [3.05, 3.63) is 46.8 Å². The number of hydrogen-bond acceptors (Lipinski definition) is 6. The zero-order valence-corrected chi connectivity index (χ0v) is 27.5. The fourth-order valence-corrected chi connectivity index (χ4v) is 7.30. The number of halogens is 1. The summed E-state index contributed by atoms with van der Waals surface area (Å²) in [6, 6.07) is 6.76. The van der Waals surface area contributed by atoms with Gasteiger partial charge in [-0.3, -0.25) is 19.3 Å². The van der Waals surface area contributed by atoms with E-state index in [1.807, 2.05) is 28.6 Å². The Hall–Kier alpha value is -2.95. The van der Waals surface area contributed by atoms with Crippen LogP contribution in [0.25, 0.3) is 5.69 Å². The second-order valence-corrected chi connectivity index (χ2v) is 12.9. The molecule has 242 valence electrons. The molecule has 0 radical (unpaired) electrons. The van der Waals surface area contributed by atoms with Crippen molar-refractivity contribution in [3.63, 3.8) is 0 Å². The van der Waals surface area contributed by atoms with E-state index in [9.17, 15) is 19.5 Å². The Labute approximate surface area is 267 Å². The first-order valence-electron chi connectivity index (χ1n) is 16.1. The van der Waals surface area contributed by atoms with E-state index < -0.39 is 17.2 Å². The van der Waals surface area contributed by atoms with Crippen molar-refractivity contribution in [2.75, 3.05) is 26.7 Å². The molecule has 11 heteroatoms. The summed E-state index contributed by atoms with van der Waals surface area (Å²) in [5.41, 5.74) is 2.94. The number of aryl methyl sites for hydroxylation is 1.